The molecule has 1 aliphatic rings. The van der Waals surface area contributed by atoms with E-state index in [1.54, 1.807) is 19.1 Å². The Kier molecular flexibility index (Phi) is 4.59. The molecule has 0 aliphatic carbocycles. The molecular formula is C15H16F3N3O4S. The van der Waals surface area contributed by atoms with Gasteiger partial charge in [-0.15, -0.1) is 0 Å². The molecule has 3 rings (SSSR count). The Morgan fingerprint density at radius 2 is 2.08 bits per heavy atom. The second kappa shape index (κ2) is 6.45. The molecule has 1 amide bonds. The number of hydrogen-bond donors (Lipinski definition) is 0. The third kappa shape index (κ3) is 3.92. The summed E-state index contributed by atoms with van der Waals surface area (Å²) >= 11 is 0. The molecule has 0 radical (unpaired) electrons. The van der Waals surface area contributed by atoms with Gasteiger partial charge in [0.15, 0.2) is 15.5 Å². The molecule has 0 saturated carbocycles. The fourth-order valence-corrected chi connectivity index (χ4v) is 4.27. The summed E-state index contributed by atoms with van der Waals surface area (Å²) in [6, 6.07) is 3.22. The molecule has 11 heteroatoms. The minimum atomic E-state index is -4.60. The smallest absolute Gasteiger partial charge is 0.435 e. The van der Waals surface area contributed by atoms with E-state index in [2.05, 4.69) is 5.10 Å². The van der Waals surface area contributed by atoms with Gasteiger partial charge in [-0.3, -0.25) is 9.48 Å². The van der Waals surface area contributed by atoms with Crippen molar-refractivity contribution >= 4 is 15.7 Å². The summed E-state index contributed by atoms with van der Waals surface area (Å²) in [7, 11) is -3.35. The Bertz CT molecular complexity index is 917. The van der Waals surface area contributed by atoms with Gasteiger partial charge >= 0.3 is 6.18 Å². The number of alkyl halides is 3. The average Bonchev–Trinajstić information content (AvgIpc) is 3.15. The van der Waals surface area contributed by atoms with Gasteiger partial charge in [-0.1, -0.05) is 0 Å². The van der Waals surface area contributed by atoms with Crippen LogP contribution in [0.3, 0.4) is 0 Å². The van der Waals surface area contributed by atoms with Gasteiger partial charge in [0.05, 0.1) is 11.5 Å². The number of furan rings is 1. The van der Waals surface area contributed by atoms with Crippen molar-refractivity contribution in [3.63, 3.8) is 0 Å². The highest BCUT2D eigenvalue weighted by Gasteiger charge is 2.37. The predicted octanol–water partition coefficient (Wildman–Crippen LogP) is 1.80. The first-order valence-electron chi connectivity index (χ1n) is 7.72. The molecule has 0 N–H and O–H groups in total. The Balaban J connectivity index is 1.81. The minimum Gasteiger partial charge on any atom is -0.464 e. The van der Waals surface area contributed by atoms with Gasteiger partial charge in [-0.05, 0) is 25.1 Å². The van der Waals surface area contributed by atoms with E-state index in [1.165, 1.54) is 4.90 Å². The molecular weight excluding hydrogens is 375 g/mol. The monoisotopic (exact) mass is 391 g/mol. The van der Waals surface area contributed by atoms with Crippen LogP contribution in [0.5, 0.6) is 0 Å². The van der Waals surface area contributed by atoms with Crippen molar-refractivity contribution in [1.29, 1.82) is 0 Å². The molecule has 3 heterocycles. The number of amides is 1. The number of hydrogen-bond acceptors (Lipinski definition) is 5. The van der Waals surface area contributed by atoms with Crippen LogP contribution in [0.25, 0.3) is 0 Å². The molecule has 2 aromatic heterocycles. The standard InChI is InChI=1S/C15H16F3N3O4S/c1-10-2-3-12(25-10)11-9-26(23,24)7-6-21(11)14(22)8-20-5-4-13(19-20)15(16,17)18/h2-5,11H,6-9H2,1H3/t11-/m0/s1. The van der Waals surface area contributed by atoms with Crippen LogP contribution in [0.4, 0.5) is 13.2 Å². The first kappa shape index (κ1) is 18.5. The summed E-state index contributed by atoms with van der Waals surface area (Å²) in [5.74, 6) is -0.135. The lowest BCUT2D eigenvalue weighted by Gasteiger charge is -2.34. The number of carbonyl (C=O) groups is 1. The van der Waals surface area contributed by atoms with Crippen LogP contribution >= 0.6 is 0 Å². The number of aromatic nitrogens is 2. The van der Waals surface area contributed by atoms with Gasteiger partial charge in [0.2, 0.25) is 5.91 Å². The van der Waals surface area contributed by atoms with Crippen molar-refractivity contribution < 1.29 is 30.8 Å². The predicted molar refractivity (Wildman–Crippen MR) is 83.8 cm³/mol. The highest BCUT2D eigenvalue weighted by molar-refractivity contribution is 7.91. The number of rotatable bonds is 3. The van der Waals surface area contributed by atoms with Crippen LogP contribution in [0, 0.1) is 6.92 Å². The van der Waals surface area contributed by atoms with E-state index in [1.807, 2.05) is 0 Å². The molecule has 0 spiro atoms. The van der Waals surface area contributed by atoms with Crippen LogP contribution < -0.4 is 0 Å². The third-order valence-electron chi connectivity index (χ3n) is 4.07. The van der Waals surface area contributed by atoms with E-state index in [0.29, 0.717) is 11.5 Å². The Hall–Kier alpha value is -2.30. The van der Waals surface area contributed by atoms with Gasteiger partial charge < -0.3 is 9.32 Å². The highest BCUT2D eigenvalue weighted by atomic mass is 32.2. The topological polar surface area (TPSA) is 85.4 Å². The highest BCUT2D eigenvalue weighted by Crippen LogP contribution is 2.29. The van der Waals surface area contributed by atoms with Crippen molar-refractivity contribution in [2.24, 2.45) is 0 Å². The molecule has 1 aliphatic heterocycles. The zero-order valence-corrected chi connectivity index (χ0v) is 14.5. The maximum absolute atomic E-state index is 12.6. The summed E-state index contributed by atoms with van der Waals surface area (Å²) in [6.45, 7) is 1.21. The van der Waals surface area contributed by atoms with Gasteiger partial charge in [0, 0.05) is 12.7 Å². The maximum Gasteiger partial charge on any atom is 0.435 e. The first-order chi connectivity index (χ1) is 12.0. The molecule has 0 unspecified atom stereocenters. The number of halogens is 3. The average molecular weight is 391 g/mol. The van der Waals surface area contributed by atoms with Crippen LogP contribution in [0.15, 0.2) is 28.8 Å². The second-order valence-electron chi connectivity index (χ2n) is 6.06. The third-order valence-corrected chi connectivity index (χ3v) is 5.70. The van der Waals surface area contributed by atoms with E-state index in [-0.39, 0.29) is 18.1 Å². The normalized spacial score (nSPS) is 20.3. The number of aryl methyl sites for hydroxylation is 1. The van der Waals surface area contributed by atoms with Crippen molar-refractivity contribution in [3.8, 4) is 0 Å². The molecule has 1 fully saturated rings. The second-order valence-corrected chi connectivity index (χ2v) is 8.29. The van der Waals surface area contributed by atoms with Crippen molar-refractivity contribution in [3.05, 3.63) is 41.6 Å². The molecule has 142 valence electrons. The minimum absolute atomic E-state index is 0.0566. The lowest BCUT2D eigenvalue weighted by Crippen LogP contribution is -2.47. The van der Waals surface area contributed by atoms with Crippen LogP contribution in [0.2, 0.25) is 0 Å². The molecule has 1 atom stereocenters. The Labute approximate surface area is 147 Å². The Morgan fingerprint density at radius 1 is 1.35 bits per heavy atom. The van der Waals surface area contributed by atoms with E-state index in [0.717, 1.165) is 16.9 Å². The summed E-state index contributed by atoms with van der Waals surface area (Å²) < 4.78 is 68.1. The summed E-state index contributed by atoms with van der Waals surface area (Å²) in [6.07, 6.45) is -3.53. The largest absolute Gasteiger partial charge is 0.464 e. The number of nitrogens with zero attached hydrogens (tertiary/aromatic N) is 3. The lowest BCUT2D eigenvalue weighted by molar-refractivity contribution is -0.142. The summed E-state index contributed by atoms with van der Waals surface area (Å²) in [4.78, 5) is 13.9. The van der Waals surface area contributed by atoms with Gasteiger partial charge in [-0.25, -0.2) is 8.42 Å². The fourth-order valence-electron chi connectivity index (χ4n) is 2.80. The fraction of sp³-hybridized carbons (Fsp3) is 0.467. The summed E-state index contributed by atoms with van der Waals surface area (Å²) in [5, 5.41) is 3.35. The zero-order valence-electron chi connectivity index (χ0n) is 13.7. The molecule has 2 aromatic rings. The zero-order chi connectivity index (χ0) is 19.1. The maximum atomic E-state index is 12.6. The van der Waals surface area contributed by atoms with Gasteiger partial charge in [0.25, 0.3) is 0 Å². The van der Waals surface area contributed by atoms with Gasteiger partial charge in [0.1, 0.15) is 24.1 Å². The SMILES string of the molecule is Cc1ccc([C@@H]2CS(=O)(=O)CCN2C(=O)Cn2ccc(C(F)(F)F)n2)o1. The molecule has 7 nitrogen and oxygen atoms in total. The van der Waals surface area contributed by atoms with Crippen molar-refractivity contribution in [2.45, 2.75) is 25.7 Å². The molecule has 26 heavy (non-hydrogen) atoms. The number of sulfone groups is 1. The molecule has 0 bridgehead atoms. The van der Waals surface area contributed by atoms with Crippen LogP contribution in [-0.4, -0.2) is 47.1 Å². The molecule has 0 aromatic carbocycles. The molecule has 1 saturated heterocycles. The van der Waals surface area contributed by atoms with E-state index in [4.69, 9.17) is 4.42 Å². The van der Waals surface area contributed by atoms with Crippen molar-refractivity contribution in [2.75, 3.05) is 18.1 Å². The van der Waals surface area contributed by atoms with Crippen LogP contribution in [0.1, 0.15) is 23.3 Å². The first-order valence-corrected chi connectivity index (χ1v) is 9.54. The van der Waals surface area contributed by atoms with E-state index < -0.39 is 40.2 Å². The quantitative estimate of drug-likeness (QED) is 0.797. The lowest BCUT2D eigenvalue weighted by atomic mass is 10.2. The Morgan fingerprint density at radius 3 is 2.65 bits per heavy atom. The van der Waals surface area contributed by atoms with Gasteiger partial charge in [-0.2, -0.15) is 18.3 Å². The van der Waals surface area contributed by atoms with Crippen molar-refractivity contribution in [1.82, 2.24) is 14.7 Å². The number of carbonyl (C=O) groups excluding carboxylic acids is 1. The van der Waals surface area contributed by atoms with Crippen LogP contribution in [-0.2, 0) is 27.4 Å². The van der Waals surface area contributed by atoms with E-state index >= 15 is 0 Å². The van der Waals surface area contributed by atoms with E-state index in [9.17, 15) is 26.4 Å². The summed E-state index contributed by atoms with van der Waals surface area (Å²) in [5.41, 5.74) is -1.09.